The molecule has 0 aliphatic rings. The molecule has 0 aliphatic carbocycles. The molecule has 3 rings (SSSR count). The van der Waals surface area contributed by atoms with Gasteiger partial charge in [0.25, 0.3) is 11.6 Å². The summed E-state index contributed by atoms with van der Waals surface area (Å²) in [4.78, 5) is 38.5. The minimum Gasteiger partial charge on any atom is -0.382 e. The maximum absolute atomic E-state index is 12.3. The van der Waals surface area contributed by atoms with E-state index in [2.05, 4.69) is 15.6 Å². The van der Waals surface area contributed by atoms with Crippen molar-refractivity contribution in [1.29, 1.82) is 0 Å². The molecule has 0 atom stereocenters. The minimum absolute atomic E-state index is 0.0224. The zero-order chi connectivity index (χ0) is 22.2. The summed E-state index contributed by atoms with van der Waals surface area (Å²) in [6.07, 6.45) is 2.30. The average Bonchev–Trinajstić information content (AvgIpc) is 2.78. The Bertz CT molecular complexity index is 1080. The molecule has 1 aromatic heterocycles. The molecular weight excluding hydrogens is 398 g/mol. The summed E-state index contributed by atoms with van der Waals surface area (Å²) in [5.41, 5.74) is 8.35. The summed E-state index contributed by atoms with van der Waals surface area (Å²) in [5.74, 6) is -0.200. The van der Waals surface area contributed by atoms with Crippen molar-refractivity contribution in [2.45, 2.75) is 19.4 Å². The van der Waals surface area contributed by atoms with Crippen LogP contribution in [-0.2, 0) is 17.8 Å². The van der Waals surface area contributed by atoms with E-state index in [-0.39, 0.29) is 29.7 Å². The van der Waals surface area contributed by atoms with Crippen LogP contribution in [0.4, 0.5) is 17.2 Å². The monoisotopic (exact) mass is 419 g/mol. The number of benzene rings is 2. The van der Waals surface area contributed by atoms with Crippen LogP contribution >= 0.6 is 0 Å². The van der Waals surface area contributed by atoms with Crippen molar-refractivity contribution in [3.63, 3.8) is 0 Å². The average molecular weight is 419 g/mol. The zero-order valence-corrected chi connectivity index (χ0v) is 16.6. The first-order valence-electron chi connectivity index (χ1n) is 9.53. The number of nitrogens with two attached hydrogens (primary N) is 1. The molecule has 0 spiro atoms. The number of pyridine rings is 1. The van der Waals surface area contributed by atoms with Gasteiger partial charge >= 0.3 is 0 Å². The molecule has 1 heterocycles. The molecule has 0 fully saturated rings. The lowest BCUT2D eigenvalue weighted by Gasteiger charge is -2.09. The van der Waals surface area contributed by atoms with E-state index in [1.807, 2.05) is 0 Å². The van der Waals surface area contributed by atoms with Gasteiger partial charge in [-0.15, -0.1) is 0 Å². The predicted octanol–water partition coefficient (Wildman–Crippen LogP) is 3.07. The smallest absolute Gasteiger partial charge is 0.269 e. The van der Waals surface area contributed by atoms with Gasteiger partial charge in [-0.05, 0) is 41.8 Å². The SMILES string of the molecule is Nc1ncccc1NC(=O)c1ccc(CNC(=O)CCc2ccc([N+](=O)[O-])cc2)cc1. The Morgan fingerprint density at radius 3 is 2.32 bits per heavy atom. The number of aromatic nitrogens is 1. The van der Waals surface area contributed by atoms with Crippen LogP contribution in [0.5, 0.6) is 0 Å². The van der Waals surface area contributed by atoms with Crippen LogP contribution in [0.15, 0.2) is 66.9 Å². The van der Waals surface area contributed by atoms with Crippen LogP contribution in [0, 0.1) is 10.1 Å². The molecule has 0 aliphatic heterocycles. The van der Waals surface area contributed by atoms with Crippen molar-refractivity contribution < 1.29 is 14.5 Å². The summed E-state index contributed by atoms with van der Waals surface area (Å²) in [6.45, 7) is 0.330. The Kier molecular flexibility index (Phi) is 6.89. The van der Waals surface area contributed by atoms with Gasteiger partial charge in [-0.1, -0.05) is 24.3 Å². The van der Waals surface area contributed by atoms with Gasteiger partial charge in [0.15, 0.2) is 0 Å². The topological polar surface area (TPSA) is 140 Å². The number of nitro groups is 1. The van der Waals surface area contributed by atoms with Crippen LogP contribution in [0.1, 0.15) is 27.9 Å². The minimum atomic E-state index is -0.459. The molecule has 158 valence electrons. The maximum atomic E-state index is 12.3. The van der Waals surface area contributed by atoms with Crippen molar-refractivity contribution in [3.8, 4) is 0 Å². The predicted molar refractivity (Wildman–Crippen MR) is 116 cm³/mol. The third kappa shape index (κ3) is 6.10. The van der Waals surface area contributed by atoms with E-state index in [0.717, 1.165) is 11.1 Å². The molecule has 0 unspecified atom stereocenters. The van der Waals surface area contributed by atoms with E-state index in [1.165, 1.54) is 12.1 Å². The molecule has 31 heavy (non-hydrogen) atoms. The number of nitrogen functional groups attached to an aromatic ring is 1. The molecule has 2 amide bonds. The number of carbonyl (C=O) groups is 2. The molecular formula is C22H21N5O4. The van der Waals surface area contributed by atoms with Crippen molar-refractivity contribution in [2.75, 3.05) is 11.1 Å². The van der Waals surface area contributed by atoms with E-state index in [4.69, 9.17) is 5.73 Å². The van der Waals surface area contributed by atoms with Gasteiger partial charge in [0.1, 0.15) is 5.82 Å². The lowest BCUT2D eigenvalue weighted by atomic mass is 10.1. The molecule has 2 aromatic carbocycles. The quantitative estimate of drug-likeness (QED) is 0.379. The first-order valence-corrected chi connectivity index (χ1v) is 9.53. The van der Waals surface area contributed by atoms with E-state index >= 15 is 0 Å². The fraction of sp³-hybridized carbons (Fsp3) is 0.136. The Morgan fingerprint density at radius 1 is 1.00 bits per heavy atom. The molecule has 0 bridgehead atoms. The van der Waals surface area contributed by atoms with Crippen molar-refractivity contribution in [1.82, 2.24) is 10.3 Å². The normalized spacial score (nSPS) is 10.3. The summed E-state index contributed by atoms with van der Waals surface area (Å²) >= 11 is 0. The van der Waals surface area contributed by atoms with Gasteiger partial charge < -0.3 is 16.4 Å². The molecule has 4 N–H and O–H groups in total. The largest absolute Gasteiger partial charge is 0.382 e. The summed E-state index contributed by atoms with van der Waals surface area (Å²) in [6, 6.07) is 16.3. The fourth-order valence-corrected chi connectivity index (χ4v) is 2.82. The summed E-state index contributed by atoms with van der Waals surface area (Å²) in [7, 11) is 0. The zero-order valence-electron chi connectivity index (χ0n) is 16.6. The number of nitrogens with one attached hydrogen (secondary N) is 2. The van der Waals surface area contributed by atoms with Gasteiger partial charge in [-0.25, -0.2) is 4.98 Å². The number of hydrogen-bond acceptors (Lipinski definition) is 6. The van der Waals surface area contributed by atoms with E-state index in [9.17, 15) is 19.7 Å². The Hall–Kier alpha value is -4.27. The van der Waals surface area contributed by atoms with E-state index in [0.29, 0.717) is 24.2 Å². The van der Waals surface area contributed by atoms with Crippen LogP contribution in [-0.4, -0.2) is 21.7 Å². The number of non-ortho nitro benzene ring substituents is 1. The number of nitrogens with zero attached hydrogens (tertiary/aromatic N) is 2. The van der Waals surface area contributed by atoms with E-state index < -0.39 is 4.92 Å². The number of hydrogen-bond donors (Lipinski definition) is 3. The van der Waals surface area contributed by atoms with Gasteiger partial charge in [0.05, 0.1) is 10.6 Å². The first kappa shape index (κ1) is 21.4. The molecule has 0 radical (unpaired) electrons. The van der Waals surface area contributed by atoms with Crippen molar-refractivity contribution in [3.05, 3.63) is 93.7 Å². The molecule has 9 heteroatoms. The molecule has 3 aromatic rings. The van der Waals surface area contributed by atoms with Gasteiger partial charge in [-0.2, -0.15) is 0 Å². The van der Waals surface area contributed by atoms with E-state index in [1.54, 1.807) is 54.7 Å². The van der Waals surface area contributed by atoms with Crippen molar-refractivity contribution >= 4 is 29.0 Å². The van der Waals surface area contributed by atoms with Gasteiger partial charge in [0.2, 0.25) is 5.91 Å². The number of carbonyl (C=O) groups excluding carboxylic acids is 2. The molecule has 0 saturated carbocycles. The second-order valence-electron chi connectivity index (χ2n) is 6.79. The number of amides is 2. The van der Waals surface area contributed by atoms with Gasteiger partial charge in [-0.3, -0.25) is 19.7 Å². The number of nitro benzene ring substituents is 1. The Balaban J connectivity index is 1.46. The molecule has 9 nitrogen and oxygen atoms in total. The number of anilines is 2. The standard InChI is InChI=1S/C22H21N5O4/c23-21-19(2-1-13-24-21)26-22(29)17-8-3-16(4-9-17)14-25-20(28)12-7-15-5-10-18(11-6-15)27(30)31/h1-6,8-11,13H,7,12,14H2,(H2,23,24)(H,25,28)(H,26,29). The second kappa shape index (κ2) is 9.97. The lowest BCUT2D eigenvalue weighted by molar-refractivity contribution is -0.384. The van der Waals surface area contributed by atoms with Crippen LogP contribution < -0.4 is 16.4 Å². The van der Waals surface area contributed by atoms with Gasteiger partial charge in [0, 0.05) is 36.9 Å². The number of rotatable bonds is 8. The second-order valence-corrected chi connectivity index (χ2v) is 6.79. The van der Waals surface area contributed by atoms with Crippen LogP contribution in [0.2, 0.25) is 0 Å². The highest BCUT2D eigenvalue weighted by molar-refractivity contribution is 6.05. The summed E-state index contributed by atoms with van der Waals surface area (Å²) < 4.78 is 0. The number of aryl methyl sites for hydroxylation is 1. The Labute approximate surface area is 178 Å². The Morgan fingerprint density at radius 2 is 1.68 bits per heavy atom. The highest BCUT2D eigenvalue weighted by atomic mass is 16.6. The highest BCUT2D eigenvalue weighted by Gasteiger charge is 2.09. The van der Waals surface area contributed by atoms with Crippen LogP contribution in [0.25, 0.3) is 0 Å². The van der Waals surface area contributed by atoms with Crippen LogP contribution in [0.3, 0.4) is 0 Å². The highest BCUT2D eigenvalue weighted by Crippen LogP contribution is 2.16. The van der Waals surface area contributed by atoms with Crippen molar-refractivity contribution in [2.24, 2.45) is 0 Å². The molecule has 0 saturated heterocycles. The first-order chi connectivity index (χ1) is 14.9. The third-order valence-corrected chi connectivity index (χ3v) is 4.58. The lowest BCUT2D eigenvalue weighted by Crippen LogP contribution is -2.23. The third-order valence-electron chi connectivity index (χ3n) is 4.58. The fourth-order valence-electron chi connectivity index (χ4n) is 2.82. The summed E-state index contributed by atoms with van der Waals surface area (Å²) in [5, 5.41) is 16.2. The maximum Gasteiger partial charge on any atom is 0.269 e.